The Kier molecular flexibility index (Phi) is 6.47. The van der Waals surface area contributed by atoms with Gasteiger partial charge in [0.1, 0.15) is 0 Å². The minimum absolute atomic E-state index is 0.00976. The van der Waals surface area contributed by atoms with Gasteiger partial charge in [0, 0.05) is 43.9 Å². The van der Waals surface area contributed by atoms with Gasteiger partial charge in [0.05, 0.1) is 11.3 Å². The molecule has 1 N–H and O–H groups in total. The van der Waals surface area contributed by atoms with Gasteiger partial charge in [0.25, 0.3) is 5.91 Å². The van der Waals surface area contributed by atoms with Crippen LogP contribution in [0.5, 0.6) is 0 Å². The van der Waals surface area contributed by atoms with Gasteiger partial charge in [-0.25, -0.2) is 19.6 Å². The molecule has 1 atom stereocenters. The Labute approximate surface area is 174 Å². The van der Waals surface area contributed by atoms with Crippen LogP contribution in [0, 0.1) is 5.95 Å². The molecule has 0 saturated heterocycles. The highest BCUT2D eigenvalue weighted by molar-refractivity contribution is 5.96. The number of carbonyl (C=O) groups excluding carboxylic acids is 1. The van der Waals surface area contributed by atoms with Crippen LogP contribution >= 0.6 is 0 Å². The van der Waals surface area contributed by atoms with E-state index in [1.54, 1.807) is 26.1 Å². The minimum atomic E-state index is -4.53. The second kappa shape index (κ2) is 9.06. The van der Waals surface area contributed by atoms with Gasteiger partial charge in [-0.3, -0.25) is 4.79 Å². The highest BCUT2D eigenvalue weighted by Gasteiger charge is 2.31. The van der Waals surface area contributed by atoms with Crippen molar-refractivity contribution in [1.29, 1.82) is 0 Å². The zero-order chi connectivity index (χ0) is 22.6. The topological polar surface area (TPSA) is 88.8 Å². The monoisotopic (exact) mass is 437 g/mol. The van der Waals surface area contributed by atoms with Gasteiger partial charge in [0.15, 0.2) is 5.69 Å². The summed E-state index contributed by atoms with van der Waals surface area (Å²) in [5.41, 5.74) is -0.746. The van der Waals surface area contributed by atoms with E-state index < -0.39 is 29.6 Å². The molecule has 31 heavy (non-hydrogen) atoms. The maximum Gasteiger partial charge on any atom is 0.419 e. The summed E-state index contributed by atoms with van der Waals surface area (Å²) >= 11 is 0. The number of halogens is 4. The van der Waals surface area contributed by atoms with E-state index in [1.807, 2.05) is 0 Å². The Hall–Kier alpha value is -3.57. The molecular weight excluding hydrogens is 418 g/mol. The molecule has 3 aromatic rings. The van der Waals surface area contributed by atoms with Crippen LogP contribution in [0.4, 0.5) is 23.5 Å². The van der Waals surface area contributed by atoms with Crippen LogP contribution in [0.15, 0.2) is 43.0 Å². The van der Waals surface area contributed by atoms with Crippen molar-refractivity contribution in [3.63, 3.8) is 0 Å². The van der Waals surface area contributed by atoms with Crippen LogP contribution < -0.4 is 5.32 Å². The van der Waals surface area contributed by atoms with E-state index in [4.69, 9.17) is 0 Å². The number of carbonyl (C=O) groups is 1. The molecule has 0 aliphatic carbocycles. The lowest BCUT2D eigenvalue weighted by Crippen LogP contribution is -2.43. The lowest BCUT2D eigenvalue weighted by Gasteiger charge is -2.28. The number of alkyl halides is 3. The molecular formula is C19H19F4N7O. The van der Waals surface area contributed by atoms with Crippen LogP contribution in [0.1, 0.15) is 29.9 Å². The molecule has 3 rings (SSSR count). The number of hydrogen-bond donors (Lipinski definition) is 1. The molecule has 0 bridgehead atoms. The van der Waals surface area contributed by atoms with Crippen molar-refractivity contribution in [2.24, 2.45) is 0 Å². The number of aromatic nitrogens is 5. The standard InChI is InChI=1S/C19H19F4N7O/c1-3-29(12(2)9-24-18-25-10-13(11-26-18)19(21,22)23)17(31)16-14(5-6-15(20)28-16)30-8-4-7-27-30/h4-8,10-12H,3,9H2,1-2H3,(H,24,25,26)/t12-/m0/s1. The first kappa shape index (κ1) is 22.1. The number of nitrogens with one attached hydrogen (secondary N) is 1. The first-order valence-electron chi connectivity index (χ1n) is 9.31. The smallest absolute Gasteiger partial charge is 0.352 e. The Bertz CT molecular complexity index is 1020. The van der Waals surface area contributed by atoms with Crippen LogP contribution in [0.3, 0.4) is 0 Å². The number of nitrogens with zero attached hydrogens (tertiary/aromatic N) is 6. The summed E-state index contributed by atoms with van der Waals surface area (Å²) in [5, 5.41) is 6.87. The fraction of sp³-hybridized carbons (Fsp3) is 0.316. The zero-order valence-electron chi connectivity index (χ0n) is 16.6. The summed E-state index contributed by atoms with van der Waals surface area (Å²) < 4.78 is 53.0. The molecule has 0 aromatic carbocycles. The van der Waals surface area contributed by atoms with E-state index in [2.05, 4.69) is 25.4 Å². The molecule has 0 aliphatic heterocycles. The average molecular weight is 437 g/mol. The predicted molar refractivity (Wildman–Crippen MR) is 103 cm³/mol. The molecule has 0 fully saturated rings. The average Bonchev–Trinajstić information content (AvgIpc) is 3.27. The highest BCUT2D eigenvalue weighted by Crippen LogP contribution is 2.28. The molecule has 0 saturated carbocycles. The molecule has 0 radical (unpaired) electrons. The summed E-state index contributed by atoms with van der Waals surface area (Å²) in [7, 11) is 0. The van der Waals surface area contributed by atoms with Crippen molar-refractivity contribution in [3.05, 3.63) is 60.2 Å². The van der Waals surface area contributed by atoms with Crippen LogP contribution in [-0.2, 0) is 6.18 Å². The Morgan fingerprint density at radius 3 is 2.55 bits per heavy atom. The first-order chi connectivity index (χ1) is 14.7. The van der Waals surface area contributed by atoms with E-state index in [1.165, 1.54) is 21.8 Å². The lowest BCUT2D eigenvalue weighted by molar-refractivity contribution is -0.138. The third-order valence-corrected chi connectivity index (χ3v) is 4.46. The van der Waals surface area contributed by atoms with Crippen molar-refractivity contribution < 1.29 is 22.4 Å². The van der Waals surface area contributed by atoms with Crippen molar-refractivity contribution in [1.82, 2.24) is 29.6 Å². The van der Waals surface area contributed by atoms with Crippen LogP contribution in [0.2, 0.25) is 0 Å². The van der Waals surface area contributed by atoms with Gasteiger partial charge >= 0.3 is 6.18 Å². The van der Waals surface area contributed by atoms with Gasteiger partial charge in [-0.2, -0.15) is 22.7 Å². The van der Waals surface area contributed by atoms with Gasteiger partial charge < -0.3 is 10.2 Å². The third kappa shape index (κ3) is 5.13. The molecule has 164 valence electrons. The number of pyridine rings is 1. The molecule has 0 unspecified atom stereocenters. The number of rotatable bonds is 7. The van der Waals surface area contributed by atoms with Crippen molar-refractivity contribution in [3.8, 4) is 5.69 Å². The van der Waals surface area contributed by atoms with E-state index in [0.717, 1.165) is 6.07 Å². The quantitative estimate of drug-likeness (QED) is 0.451. The van der Waals surface area contributed by atoms with Gasteiger partial charge in [-0.15, -0.1) is 0 Å². The maximum absolute atomic E-state index is 13.8. The lowest BCUT2D eigenvalue weighted by atomic mass is 10.2. The SMILES string of the molecule is CCN(C(=O)c1nc(F)ccc1-n1cccn1)[C@@H](C)CNc1ncc(C(F)(F)F)cn1. The van der Waals surface area contributed by atoms with Crippen molar-refractivity contribution in [2.75, 3.05) is 18.4 Å². The van der Waals surface area contributed by atoms with Gasteiger partial charge in [-0.05, 0) is 32.0 Å². The molecule has 0 spiro atoms. The van der Waals surface area contributed by atoms with E-state index >= 15 is 0 Å². The minimum Gasteiger partial charge on any atom is -0.352 e. The molecule has 3 aromatic heterocycles. The normalized spacial score (nSPS) is 12.5. The van der Waals surface area contributed by atoms with Crippen LogP contribution in [-0.4, -0.2) is 54.7 Å². The molecule has 12 heteroatoms. The largest absolute Gasteiger partial charge is 0.419 e. The van der Waals surface area contributed by atoms with Gasteiger partial charge in [-0.1, -0.05) is 0 Å². The van der Waals surface area contributed by atoms with E-state index in [9.17, 15) is 22.4 Å². The number of amides is 1. The maximum atomic E-state index is 13.8. The second-order valence-corrected chi connectivity index (χ2v) is 6.57. The van der Waals surface area contributed by atoms with Crippen molar-refractivity contribution >= 4 is 11.9 Å². The molecule has 8 nitrogen and oxygen atoms in total. The summed E-state index contributed by atoms with van der Waals surface area (Å²) in [6.07, 6.45) is -0.0479. The van der Waals surface area contributed by atoms with E-state index in [-0.39, 0.29) is 24.7 Å². The molecule has 1 amide bonds. The fourth-order valence-corrected chi connectivity index (χ4v) is 2.89. The number of hydrogen-bond acceptors (Lipinski definition) is 6. The number of anilines is 1. The van der Waals surface area contributed by atoms with Gasteiger partial charge in [0.2, 0.25) is 11.9 Å². The summed E-state index contributed by atoms with van der Waals surface area (Å²) in [6.45, 7) is 3.91. The zero-order valence-corrected chi connectivity index (χ0v) is 16.6. The van der Waals surface area contributed by atoms with Crippen molar-refractivity contribution in [2.45, 2.75) is 26.1 Å². The molecule has 0 aliphatic rings. The van der Waals surface area contributed by atoms with E-state index in [0.29, 0.717) is 18.1 Å². The summed E-state index contributed by atoms with van der Waals surface area (Å²) in [4.78, 5) is 25.6. The Morgan fingerprint density at radius 1 is 1.26 bits per heavy atom. The fourth-order valence-electron chi connectivity index (χ4n) is 2.89. The Balaban J connectivity index is 1.74. The first-order valence-corrected chi connectivity index (χ1v) is 9.31. The third-order valence-electron chi connectivity index (χ3n) is 4.46. The predicted octanol–water partition coefficient (Wildman–Crippen LogP) is 3.18. The summed E-state index contributed by atoms with van der Waals surface area (Å²) in [5.74, 6) is -1.33. The number of likely N-dealkylation sites (N-methyl/N-ethyl adjacent to an activating group) is 1. The van der Waals surface area contributed by atoms with Crippen LogP contribution in [0.25, 0.3) is 5.69 Å². The summed E-state index contributed by atoms with van der Waals surface area (Å²) in [6, 6.07) is 3.77. The Morgan fingerprint density at radius 2 is 1.97 bits per heavy atom. The second-order valence-electron chi connectivity index (χ2n) is 6.57. The highest BCUT2D eigenvalue weighted by atomic mass is 19.4. The molecule has 3 heterocycles.